The van der Waals surface area contributed by atoms with Gasteiger partial charge in [-0.2, -0.15) is 5.11 Å². The van der Waals surface area contributed by atoms with Crippen molar-refractivity contribution in [1.82, 2.24) is 19.9 Å². The monoisotopic (exact) mass is 190 g/mol. The van der Waals surface area contributed by atoms with E-state index in [2.05, 4.69) is 30.2 Å². The van der Waals surface area contributed by atoms with Gasteiger partial charge >= 0.3 is 0 Å². The number of nitrogens with one attached hydrogen (secondary N) is 1. The Morgan fingerprint density at radius 1 is 1.29 bits per heavy atom. The highest BCUT2D eigenvalue weighted by atomic mass is 15.2. The summed E-state index contributed by atoms with van der Waals surface area (Å²) in [6.07, 6.45) is 3.00. The zero-order chi connectivity index (χ0) is 9.97. The average Bonchev–Trinajstić information content (AvgIpc) is 2.62. The third-order valence-electron chi connectivity index (χ3n) is 1.58. The van der Waals surface area contributed by atoms with Crippen LogP contribution in [0.2, 0.25) is 0 Å². The van der Waals surface area contributed by atoms with Gasteiger partial charge in [0.1, 0.15) is 6.33 Å². The van der Waals surface area contributed by atoms with Crippen LogP contribution < -0.4 is 0 Å². The van der Waals surface area contributed by atoms with Gasteiger partial charge < -0.3 is 4.98 Å². The van der Waals surface area contributed by atoms with Crippen molar-refractivity contribution in [2.45, 2.75) is 19.9 Å². The molecular weight excluding hydrogens is 180 g/mol. The molecule has 0 unspecified atom stereocenters. The van der Waals surface area contributed by atoms with E-state index in [9.17, 15) is 0 Å². The summed E-state index contributed by atoms with van der Waals surface area (Å²) in [6.45, 7) is 3.90. The van der Waals surface area contributed by atoms with Crippen molar-refractivity contribution >= 4 is 17.0 Å². The summed E-state index contributed by atoms with van der Waals surface area (Å²) >= 11 is 0. The molecule has 0 aromatic carbocycles. The zero-order valence-electron chi connectivity index (χ0n) is 7.97. The van der Waals surface area contributed by atoms with Crippen molar-refractivity contribution in [3.8, 4) is 0 Å². The predicted octanol–water partition coefficient (Wildman–Crippen LogP) is 1.84. The minimum atomic E-state index is 0.152. The summed E-state index contributed by atoms with van der Waals surface area (Å²) in [6, 6.07) is 0.152. The fourth-order valence-electron chi connectivity index (χ4n) is 0.995. The second-order valence-electron chi connectivity index (χ2n) is 3.11. The van der Waals surface area contributed by atoms with E-state index < -0.39 is 0 Å². The molecule has 0 spiro atoms. The van der Waals surface area contributed by atoms with E-state index in [1.807, 2.05) is 13.8 Å². The number of azo groups is 1. The Hall–Kier alpha value is -1.85. The van der Waals surface area contributed by atoms with E-state index >= 15 is 0 Å². The summed E-state index contributed by atoms with van der Waals surface area (Å²) in [7, 11) is 0. The maximum absolute atomic E-state index is 4.06. The van der Waals surface area contributed by atoms with Gasteiger partial charge in [-0.05, 0) is 13.8 Å². The number of rotatable bonds is 2. The third-order valence-corrected chi connectivity index (χ3v) is 1.58. The molecule has 0 saturated carbocycles. The first-order chi connectivity index (χ1) is 6.77. The lowest BCUT2D eigenvalue weighted by atomic mass is 10.4. The highest BCUT2D eigenvalue weighted by Gasteiger charge is 2.04. The van der Waals surface area contributed by atoms with Crippen molar-refractivity contribution < 1.29 is 0 Å². The molecule has 6 nitrogen and oxygen atoms in total. The first-order valence-corrected chi connectivity index (χ1v) is 4.32. The van der Waals surface area contributed by atoms with E-state index in [4.69, 9.17) is 0 Å². The SMILES string of the molecule is CC(C)/N=N/c1ncnc2[nH]cnc12. The molecule has 0 amide bonds. The van der Waals surface area contributed by atoms with E-state index in [1.165, 1.54) is 6.33 Å². The molecular formula is C8H10N6. The van der Waals surface area contributed by atoms with Crippen molar-refractivity contribution in [3.05, 3.63) is 12.7 Å². The molecule has 14 heavy (non-hydrogen) atoms. The lowest BCUT2D eigenvalue weighted by molar-refractivity contribution is 0.775. The van der Waals surface area contributed by atoms with Crippen LogP contribution in [-0.2, 0) is 0 Å². The van der Waals surface area contributed by atoms with Crippen molar-refractivity contribution in [1.29, 1.82) is 0 Å². The highest BCUT2D eigenvalue weighted by molar-refractivity contribution is 5.79. The number of aromatic amines is 1. The van der Waals surface area contributed by atoms with Crippen LogP contribution in [0.4, 0.5) is 5.82 Å². The molecule has 0 radical (unpaired) electrons. The number of imidazole rings is 1. The first-order valence-electron chi connectivity index (χ1n) is 4.32. The molecule has 0 aliphatic carbocycles. The first kappa shape index (κ1) is 8.74. The molecule has 2 rings (SSSR count). The van der Waals surface area contributed by atoms with Gasteiger partial charge in [0.25, 0.3) is 0 Å². The van der Waals surface area contributed by atoms with Crippen LogP contribution in [0, 0.1) is 0 Å². The van der Waals surface area contributed by atoms with Crippen LogP contribution in [0.25, 0.3) is 11.2 Å². The Morgan fingerprint density at radius 2 is 2.14 bits per heavy atom. The molecule has 0 atom stereocenters. The maximum atomic E-state index is 4.06. The molecule has 0 saturated heterocycles. The quantitative estimate of drug-likeness (QED) is 0.734. The van der Waals surface area contributed by atoms with Crippen LogP contribution in [0.3, 0.4) is 0 Å². The number of aromatic nitrogens is 4. The van der Waals surface area contributed by atoms with E-state index in [0.717, 1.165) is 0 Å². The van der Waals surface area contributed by atoms with Gasteiger partial charge in [0, 0.05) is 0 Å². The normalized spacial score (nSPS) is 11.9. The standard InChI is InChI=1S/C8H10N6/c1-5(2)13-14-8-6-7(10-3-9-6)11-4-12-8/h3-5H,1-2H3,(H,9,10,11,12)/b14-13+. The Morgan fingerprint density at radius 3 is 2.93 bits per heavy atom. The average molecular weight is 190 g/mol. The predicted molar refractivity (Wildman–Crippen MR) is 51.3 cm³/mol. The molecule has 6 heteroatoms. The lowest BCUT2D eigenvalue weighted by Crippen LogP contribution is -1.86. The third kappa shape index (κ3) is 1.59. The Balaban J connectivity index is 2.46. The molecule has 0 aliphatic heterocycles. The van der Waals surface area contributed by atoms with Crippen LogP contribution in [0.1, 0.15) is 13.8 Å². The van der Waals surface area contributed by atoms with E-state index in [-0.39, 0.29) is 6.04 Å². The van der Waals surface area contributed by atoms with Crippen molar-refractivity contribution in [3.63, 3.8) is 0 Å². The summed E-state index contributed by atoms with van der Waals surface area (Å²) in [5, 5.41) is 8.00. The molecule has 1 N–H and O–H groups in total. The van der Waals surface area contributed by atoms with Crippen LogP contribution >= 0.6 is 0 Å². The van der Waals surface area contributed by atoms with Gasteiger partial charge in [0.2, 0.25) is 5.82 Å². The minimum absolute atomic E-state index is 0.152. The van der Waals surface area contributed by atoms with Crippen molar-refractivity contribution in [2.24, 2.45) is 10.2 Å². The molecule has 72 valence electrons. The Bertz CT molecular complexity index is 458. The number of hydrogen-bond acceptors (Lipinski definition) is 5. The Labute approximate surface area is 80.5 Å². The smallest absolute Gasteiger partial charge is 0.205 e. The van der Waals surface area contributed by atoms with Gasteiger partial charge in [-0.15, -0.1) is 5.11 Å². The Kier molecular flexibility index (Phi) is 2.18. The van der Waals surface area contributed by atoms with E-state index in [0.29, 0.717) is 17.0 Å². The number of H-pyrrole nitrogens is 1. The number of hydrogen-bond donors (Lipinski definition) is 1. The van der Waals surface area contributed by atoms with Gasteiger partial charge in [0.15, 0.2) is 11.2 Å². The summed E-state index contributed by atoms with van der Waals surface area (Å²) < 4.78 is 0. The van der Waals surface area contributed by atoms with Crippen LogP contribution in [0.15, 0.2) is 22.9 Å². The molecule has 2 aromatic heterocycles. The summed E-state index contributed by atoms with van der Waals surface area (Å²) in [5.41, 5.74) is 1.33. The molecule has 2 aromatic rings. The van der Waals surface area contributed by atoms with Crippen molar-refractivity contribution in [2.75, 3.05) is 0 Å². The van der Waals surface area contributed by atoms with Gasteiger partial charge in [-0.3, -0.25) is 0 Å². The zero-order valence-corrected chi connectivity index (χ0v) is 7.97. The second kappa shape index (κ2) is 3.49. The fraction of sp³-hybridized carbons (Fsp3) is 0.375. The molecule has 0 bridgehead atoms. The molecule has 0 aliphatic rings. The number of fused-ring (bicyclic) bond motifs is 1. The van der Waals surface area contributed by atoms with Gasteiger partial charge in [-0.25, -0.2) is 15.0 Å². The van der Waals surface area contributed by atoms with Gasteiger partial charge in [-0.1, -0.05) is 0 Å². The highest BCUT2D eigenvalue weighted by Crippen LogP contribution is 2.18. The van der Waals surface area contributed by atoms with Crippen LogP contribution in [0.5, 0.6) is 0 Å². The maximum Gasteiger partial charge on any atom is 0.205 e. The minimum Gasteiger partial charge on any atom is -0.329 e. The summed E-state index contributed by atoms with van der Waals surface area (Å²) in [4.78, 5) is 14.9. The fourth-order valence-corrected chi connectivity index (χ4v) is 0.995. The topological polar surface area (TPSA) is 79.2 Å². The van der Waals surface area contributed by atoms with Crippen LogP contribution in [-0.4, -0.2) is 26.0 Å². The summed E-state index contributed by atoms with van der Waals surface area (Å²) in [5.74, 6) is 0.505. The number of nitrogens with zero attached hydrogens (tertiary/aromatic N) is 5. The molecule has 2 heterocycles. The molecule has 0 fully saturated rings. The van der Waals surface area contributed by atoms with E-state index in [1.54, 1.807) is 6.33 Å². The second-order valence-corrected chi connectivity index (χ2v) is 3.11. The lowest BCUT2D eigenvalue weighted by Gasteiger charge is -1.94. The van der Waals surface area contributed by atoms with Gasteiger partial charge in [0.05, 0.1) is 12.4 Å². The largest absolute Gasteiger partial charge is 0.329 e.